The van der Waals surface area contributed by atoms with Crippen molar-refractivity contribution in [2.24, 2.45) is 11.7 Å². The fourth-order valence-corrected chi connectivity index (χ4v) is 2.84. The molecule has 6 heteroatoms. The predicted molar refractivity (Wildman–Crippen MR) is 95.6 cm³/mol. The molecule has 1 heterocycles. The zero-order valence-electron chi connectivity index (χ0n) is 16.3. The Morgan fingerprint density at radius 1 is 1.25 bits per heavy atom. The third-order valence-corrected chi connectivity index (χ3v) is 4.32. The van der Waals surface area contributed by atoms with Gasteiger partial charge in [0.25, 0.3) is 0 Å². The minimum Gasteiger partial charge on any atom is -0.444 e. The van der Waals surface area contributed by atoms with Crippen molar-refractivity contribution < 1.29 is 14.3 Å². The first kappa shape index (κ1) is 20.7. The average molecular weight is 341 g/mol. The van der Waals surface area contributed by atoms with E-state index in [9.17, 15) is 9.59 Å². The number of nitrogens with zero attached hydrogens (tertiary/aromatic N) is 2. The van der Waals surface area contributed by atoms with Crippen LogP contribution in [-0.2, 0) is 9.53 Å². The molecule has 24 heavy (non-hydrogen) atoms. The summed E-state index contributed by atoms with van der Waals surface area (Å²) in [4.78, 5) is 28.7. The SMILES string of the molecule is CC(C)C(N)C(=O)N1CCCC1CN(C(=O)OC(C)(C)C)C(C)C. The van der Waals surface area contributed by atoms with Gasteiger partial charge in [0.2, 0.25) is 5.91 Å². The van der Waals surface area contributed by atoms with E-state index in [-0.39, 0.29) is 30.0 Å². The van der Waals surface area contributed by atoms with Crippen LogP contribution in [-0.4, -0.2) is 58.6 Å². The number of rotatable bonds is 5. The van der Waals surface area contributed by atoms with Gasteiger partial charge in [0.1, 0.15) is 5.60 Å². The van der Waals surface area contributed by atoms with Crippen LogP contribution in [0.25, 0.3) is 0 Å². The van der Waals surface area contributed by atoms with E-state index in [1.54, 1.807) is 4.90 Å². The lowest BCUT2D eigenvalue weighted by molar-refractivity contribution is -0.134. The number of nitrogens with two attached hydrogens (primary N) is 1. The molecule has 1 rings (SSSR count). The molecule has 0 aromatic carbocycles. The van der Waals surface area contributed by atoms with Crippen molar-refractivity contribution in [2.45, 2.75) is 85.0 Å². The maximum atomic E-state index is 12.6. The molecule has 0 bridgehead atoms. The van der Waals surface area contributed by atoms with E-state index < -0.39 is 11.6 Å². The van der Waals surface area contributed by atoms with Crippen molar-refractivity contribution in [3.05, 3.63) is 0 Å². The van der Waals surface area contributed by atoms with Gasteiger partial charge < -0.3 is 20.3 Å². The van der Waals surface area contributed by atoms with E-state index in [1.807, 2.05) is 53.4 Å². The molecule has 0 radical (unpaired) electrons. The van der Waals surface area contributed by atoms with Gasteiger partial charge in [-0.25, -0.2) is 4.79 Å². The van der Waals surface area contributed by atoms with Gasteiger partial charge in [-0.3, -0.25) is 4.79 Å². The summed E-state index contributed by atoms with van der Waals surface area (Å²) in [5, 5.41) is 0. The molecule has 0 spiro atoms. The summed E-state index contributed by atoms with van der Waals surface area (Å²) < 4.78 is 5.51. The molecule has 1 aliphatic rings. The van der Waals surface area contributed by atoms with E-state index >= 15 is 0 Å². The molecule has 2 unspecified atom stereocenters. The van der Waals surface area contributed by atoms with Crippen LogP contribution in [0.3, 0.4) is 0 Å². The van der Waals surface area contributed by atoms with Crippen LogP contribution in [0.15, 0.2) is 0 Å². The summed E-state index contributed by atoms with van der Waals surface area (Å²) in [5.74, 6) is 0.0891. The Morgan fingerprint density at radius 2 is 1.83 bits per heavy atom. The molecule has 0 aromatic rings. The quantitative estimate of drug-likeness (QED) is 0.834. The highest BCUT2D eigenvalue weighted by Crippen LogP contribution is 2.22. The molecule has 2 amide bonds. The number of ether oxygens (including phenoxy) is 1. The summed E-state index contributed by atoms with van der Waals surface area (Å²) in [5.41, 5.74) is 5.51. The largest absolute Gasteiger partial charge is 0.444 e. The van der Waals surface area contributed by atoms with Crippen molar-refractivity contribution in [1.29, 1.82) is 0 Å². The van der Waals surface area contributed by atoms with Crippen LogP contribution >= 0.6 is 0 Å². The lowest BCUT2D eigenvalue weighted by atomic mass is 10.0. The molecule has 2 atom stereocenters. The monoisotopic (exact) mass is 341 g/mol. The summed E-state index contributed by atoms with van der Waals surface area (Å²) in [6.45, 7) is 14.6. The molecule has 0 aliphatic carbocycles. The van der Waals surface area contributed by atoms with E-state index in [1.165, 1.54) is 0 Å². The number of hydrogen-bond acceptors (Lipinski definition) is 4. The van der Waals surface area contributed by atoms with Crippen LogP contribution in [0.2, 0.25) is 0 Å². The minimum absolute atomic E-state index is 0.0103. The van der Waals surface area contributed by atoms with Gasteiger partial charge in [-0.15, -0.1) is 0 Å². The number of likely N-dealkylation sites (tertiary alicyclic amines) is 1. The van der Waals surface area contributed by atoms with Crippen LogP contribution in [0.4, 0.5) is 4.79 Å². The number of carbonyl (C=O) groups excluding carboxylic acids is 2. The van der Waals surface area contributed by atoms with E-state index in [0.29, 0.717) is 13.1 Å². The molecule has 1 aliphatic heterocycles. The molecule has 6 nitrogen and oxygen atoms in total. The van der Waals surface area contributed by atoms with Crippen LogP contribution in [0.1, 0.15) is 61.3 Å². The van der Waals surface area contributed by atoms with E-state index in [4.69, 9.17) is 10.5 Å². The molecule has 1 fully saturated rings. The van der Waals surface area contributed by atoms with Crippen molar-refractivity contribution in [1.82, 2.24) is 9.80 Å². The second-order valence-corrected chi connectivity index (χ2v) is 8.32. The average Bonchev–Trinajstić information content (AvgIpc) is 2.88. The molecular weight excluding hydrogens is 306 g/mol. The maximum Gasteiger partial charge on any atom is 0.410 e. The number of hydrogen-bond donors (Lipinski definition) is 1. The highest BCUT2D eigenvalue weighted by Gasteiger charge is 2.36. The second-order valence-electron chi connectivity index (χ2n) is 8.32. The van der Waals surface area contributed by atoms with Gasteiger partial charge >= 0.3 is 6.09 Å². The van der Waals surface area contributed by atoms with Gasteiger partial charge in [-0.05, 0) is 53.4 Å². The Kier molecular flexibility index (Phi) is 7.08. The third kappa shape index (κ3) is 5.65. The molecule has 0 saturated carbocycles. The number of carbonyl (C=O) groups is 2. The van der Waals surface area contributed by atoms with Crippen LogP contribution < -0.4 is 5.73 Å². The Bertz CT molecular complexity index is 443. The van der Waals surface area contributed by atoms with Gasteiger partial charge in [0.05, 0.1) is 6.04 Å². The molecule has 1 saturated heterocycles. The number of amides is 2. The Balaban J connectivity index is 2.82. The first-order chi connectivity index (χ1) is 10.9. The Hall–Kier alpha value is -1.30. The predicted octanol–water partition coefficient (Wildman–Crippen LogP) is 2.61. The van der Waals surface area contributed by atoms with Crippen molar-refractivity contribution >= 4 is 12.0 Å². The summed E-state index contributed by atoms with van der Waals surface area (Å²) in [6.07, 6.45) is 1.51. The third-order valence-electron chi connectivity index (χ3n) is 4.32. The fraction of sp³-hybridized carbons (Fsp3) is 0.889. The minimum atomic E-state index is -0.532. The smallest absolute Gasteiger partial charge is 0.410 e. The van der Waals surface area contributed by atoms with Gasteiger partial charge in [-0.2, -0.15) is 0 Å². The topological polar surface area (TPSA) is 75.9 Å². The summed E-state index contributed by atoms with van der Waals surface area (Å²) >= 11 is 0. The summed E-state index contributed by atoms with van der Waals surface area (Å²) in [7, 11) is 0. The highest BCUT2D eigenvalue weighted by molar-refractivity contribution is 5.82. The zero-order valence-corrected chi connectivity index (χ0v) is 16.3. The Labute approximate surface area is 146 Å². The highest BCUT2D eigenvalue weighted by atomic mass is 16.6. The van der Waals surface area contributed by atoms with Crippen LogP contribution in [0.5, 0.6) is 0 Å². The lowest BCUT2D eigenvalue weighted by Gasteiger charge is -2.35. The first-order valence-corrected chi connectivity index (χ1v) is 8.99. The lowest BCUT2D eigenvalue weighted by Crippen LogP contribution is -2.53. The molecule has 2 N–H and O–H groups in total. The van der Waals surface area contributed by atoms with Crippen molar-refractivity contribution in [3.8, 4) is 0 Å². The standard InChI is InChI=1S/C18H35N3O3/c1-12(2)15(19)16(22)20-10-8-9-14(20)11-21(13(3)4)17(23)24-18(5,6)7/h12-15H,8-11,19H2,1-7H3. The van der Waals surface area contributed by atoms with Crippen molar-refractivity contribution in [2.75, 3.05) is 13.1 Å². The van der Waals surface area contributed by atoms with E-state index in [2.05, 4.69) is 0 Å². The van der Waals surface area contributed by atoms with Gasteiger partial charge in [0.15, 0.2) is 0 Å². The molecular formula is C18H35N3O3. The Morgan fingerprint density at radius 3 is 2.29 bits per heavy atom. The zero-order chi connectivity index (χ0) is 18.7. The van der Waals surface area contributed by atoms with Gasteiger partial charge in [-0.1, -0.05) is 13.8 Å². The molecule has 140 valence electrons. The first-order valence-electron chi connectivity index (χ1n) is 8.99. The van der Waals surface area contributed by atoms with Gasteiger partial charge in [0, 0.05) is 25.2 Å². The second kappa shape index (κ2) is 8.19. The summed E-state index contributed by atoms with van der Waals surface area (Å²) in [6, 6.07) is -0.465. The normalized spacial score (nSPS) is 19.8. The van der Waals surface area contributed by atoms with E-state index in [0.717, 1.165) is 12.8 Å². The van der Waals surface area contributed by atoms with Crippen LogP contribution in [0, 0.1) is 5.92 Å². The fourth-order valence-electron chi connectivity index (χ4n) is 2.84. The molecule has 0 aromatic heterocycles. The maximum absolute atomic E-state index is 12.6. The van der Waals surface area contributed by atoms with Crippen molar-refractivity contribution in [3.63, 3.8) is 0 Å².